The summed E-state index contributed by atoms with van der Waals surface area (Å²) in [5.74, 6) is 0. The van der Waals surface area contributed by atoms with Gasteiger partial charge in [-0.1, -0.05) is 20.8 Å². The van der Waals surface area contributed by atoms with Gasteiger partial charge in [0.1, 0.15) is 0 Å². The summed E-state index contributed by atoms with van der Waals surface area (Å²) in [6.07, 6.45) is 3.67. The van der Waals surface area contributed by atoms with E-state index in [4.69, 9.17) is 0 Å². The van der Waals surface area contributed by atoms with Crippen molar-refractivity contribution in [1.82, 2.24) is 0 Å². The highest BCUT2D eigenvalue weighted by Gasteiger charge is 2.17. The van der Waals surface area contributed by atoms with Crippen LogP contribution < -0.4 is 0 Å². The molecule has 0 fully saturated rings. The summed E-state index contributed by atoms with van der Waals surface area (Å²) in [6, 6.07) is 0. The Morgan fingerprint density at radius 2 is 2.00 bits per heavy atom. The van der Waals surface area contributed by atoms with Crippen LogP contribution >= 0.6 is 12.6 Å². The van der Waals surface area contributed by atoms with Gasteiger partial charge in [-0.25, -0.2) is 0 Å². The molecule has 1 nitrogen and oxygen atoms in total. The molecule has 0 aromatic carbocycles. The number of thiol groups is 1. The molecule has 1 N–H and O–H groups in total. The number of hydrogen-bond donors (Lipinski definition) is 2. The second-order valence-electron chi connectivity index (χ2n) is 3.45. The SMILES string of the molecule is CCC(O)CCC(C)(S)CC. The first kappa shape index (κ1) is 11.3. The Morgan fingerprint density at radius 3 is 2.36 bits per heavy atom. The van der Waals surface area contributed by atoms with Gasteiger partial charge in [-0.2, -0.15) is 12.6 Å². The van der Waals surface area contributed by atoms with E-state index in [1.54, 1.807) is 0 Å². The summed E-state index contributed by atoms with van der Waals surface area (Å²) in [5, 5.41) is 9.28. The molecule has 0 aromatic rings. The van der Waals surface area contributed by atoms with Gasteiger partial charge in [0.05, 0.1) is 6.10 Å². The van der Waals surface area contributed by atoms with Crippen LogP contribution in [0.25, 0.3) is 0 Å². The van der Waals surface area contributed by atoms with Crippen molar-refractivity contribution in [2.45, 2.75) is 57.3 Å². The normalized spacial score (nSPS) is 19.4. The summed E-state index contributed by atoms with van der Waals surface area (Å²) in [7, 11) is 0. The highest BCUT2D eigenvalue weighted by molar-refractivity contribution is 7.81. The molecule has 68 valence electrons. The monoisotopic (exact) mass is 176 g/mol. The van der Waals surface area contributed by atoms with Gasteiger partial charge < -0.3 is 5.11 Å². The molecule has 0 rings (SSSR count). The third-order valence-electron chi connectivity index (χ3n) is 2.25. The number of rotatable bonds is 5. The molecule has 0 spiro atoms. The number of aliphatic hydroxyl groups excluding tert-OH is 1. The van der Waals surface area contributed by atoms with Gasteiger partial charge in [-0.15, -0.1) is 0 Å². The van der Waals surface area contributed by atoms with E-state index in [-0.39, 0.29) is 10.9 Å². The van der Waals surface area contributed by atoms with E-state index in [9.17, 15) is 5.11 Å². The van der Waals surface area contributed by atoms with Gasteiger partial charge in [0.25, 0.3) is 0 Å². The molecule has 0 saturated heterocycles. The van der Waals surface area contributed by atoms with Crippen LogP contribution in [0.5, 0.6) is 0 Å². The second kappa shape index (κ2) is 5.04. The van der Waals surface area contributed by atoms with Crippen LogP contribution in [0.15, 0.2) is 0 Å². The lowest BCUT2D eigenvalue weighted by molar-refractivity contribution is 0.153. The zero-order chi connectivity index (χ0) is 8.91. The Balaban J connectivity index is 3.52. The van der Waals surface area contributed by atoms with Gasteiger partial charge in [-0.3, -0.25) is 0 Å². The summed E-state index contributed by atoms with van der Waals surface area (Å²) >= 11 is 4.49. The fraction of sp³-hybridized carbons (Fsp3) is 1.00. The molecular formula is C9H20OS. The van der Waals surface area contributed by atoms with E-state index < -0.39 is 0 Å². The van der Waals surface area contributed by atoms with Crippen molar-refractivity contribution in [1.29, 1.82) is 0 Å². The minimum Gasteiger partial charge on any atom is -0.393 e. The lowest BCUT2D eigenvalue weighted by atomic mass is 9.98. The quantitative estimate of drug-likeness (QED) is 0.617. The van der Waals surface area contributed by atoms with Crippen LogP contribution in [0.2, 0.25) is 0 Å². The van der Waals surface area contributed by atoms with Gasteiger partial charge in [0.2, 0.25) is 0 Å². The minimum absolute atomic E-state index is 0.107. The van der Waals surface area contributed by atoms with Gasteiger partial charge in [0.15, 0.2) is 0 Å². The van der Waals surface area contributed by atoms with E-state index in [1.165, 1.54) is 0 Å². The summed E-state index contributed by atoms with van der Waals surface area (Å²) < 4.78 is 0.107. The van der Waals surface area contributed by atoms with Crippen LogP contribution in [0, 0.1) is 0 Å². The molecule has 0 radical (unpaired) electrons. The van der Waals surface area contributed by atoms with Crippen molar-refractivity contribution < 1.29 is 5.11 Å². The molecule has 2 heteroatoms. The summed E-state index contributed by atoms with van der Waals surface area (Å²) in [5.41, 5.74) is 0. The van der Waals surface area contributed by atoms with Crippen LogP contribution in [0.4, 0.5) is 0 Å². The van der Waals surface area contributed by atoms with Gasteiger partial charge >= 0.3 is 0 Å². The van der Waals surface area contributed by atoms with E-state index in [0.29, 0.717) is 0 Å². The first-order chi connectivity index (χ1) is 5.02. The first-order valence-corrected chi connectivity index (χ1v) is 4.87. The van der Waals surface area contributed by atoms with Crippen molar-refractivity contribution in [3.05, 3.63) is 0 Å². The topological polar surface area (TPSA) is 20.2 Å². The highest BCUT2D eigenvalue weighted by Crippen LogP contribution is 2.25. The second-order valence-corrected chi connectivity index (χ2v) is 4.53. The highest BCUT2D eigenvalue weighted by atomic mass is 32.1. The molecule has 0 aromatic heterocycles. The third kappa shape index (κ3) is 5.57. The van der Waals surface area contributed by atoms with Crippen LogP contribution in [0.1, 0.15) is 46.5 Å². The Hall–Kier alpha value is 0.310. The maximum absolute atomic E-state index is 9.28. The fourth-order valence-corrected chi connectivity index (χ4v) is 0.988. The molecule has 0 amide bonds. The van der Waals surface area contributed by atoms with Gasteiger partial charge in [-0.05, 0) is 25.7 Å². The zero-order valence-corrected chi connectivity index (χ0v) is 8.69. The fourth-order valence-electron chi connectivity index (χ4n) is 0.858. The number of hydrogen-bond acceptors (Lipinski definition) is 2. The van der Waals surface area contributed by atoms with Crippen molar-refractivity contribution in [3.8, 4) is 0 Å². The van der Waals surface area contributed by atoms with E-state index >= 15 is 0 Å². The maximum atomic E-state index is 9.28. The lowest BCUT2D eigenvalue weighted by Crippen LogP contribution is -2.18. The summed E-state index contributed by atoms with van der Waals surface area (Å²) in [4.78, 5) is 0. The molecule has 11 heavy (non-hydrogen) atoms. The van der Waals surface area contributed by atoms with Crippen molar-refractivity contribution in [2.24, 2.45) is 0 Å². The smallest absolute Gasteiger partial charge is 0.0538 e. The predicted molar refractivity (Wildman–Crippen MR) is 53.2 cm³/mol. The van der Waals surface area contributed by atoms with Crippen molar-refractivity contribution in [3.63, 3.8) is 0 Å². The first-order valence-electron chi connectivity index (χ1n) is 4.42. The molecular weight excluding hydrogens is 156 g/mol. The molecule has 0 bridgehead atoms. The third-order valence-corrected chi connectivity index (χ3v) is 2.79. The molecule has 2 unspecified atom stereocenters. The average molecular weight is 176 g/mol. The molecule has 0 heterocycles. The minimum atomic E-state index is -0.131. The van der Waals surface area contributed by atoms with Crippen molar-refractivity contribution >= 4 is 12.6 Å². The van der Waals surface area contributed by atoms with E-state index in [1.807, 2.05) is 6.92 Å². The summed E-state index contributed by atoms with van der Waals surface area (Å²) in [6.45, 7) is 6.26. The average Bonchev–Trinajstić information content (AvgIpc) is 2.00. The Bertz CT molecular complexity index is 102. The lowest BCUT2D eigenvalue weighted by Gasteiger charge is -2.22. The molecule has 0 aliphatic heterocycles. The molecule has 0 aliphatic rings. The molecule has 2 atom stereocenters. The standard InChI is InChI=1S/C9H20OS/c1-4-8(10)6-7-9(3,11)5-2/h8,10-11H,4-7H2,1-3H3. The van der Waals surface area contributed by atoms with Gasteiger partial charge in [0, 0.05) is 4.75 Å². The largest absolute Gasteiger partial charge is 0.393 e. The Morgan fingerprint density at radius 1 is 1.45 bits per heavy atom. The zero-order valence-electron chi connectivity index (χ0n) is 7.80. The van der Waals surface area contributed by atoms with Crippen LogP contribution in [0.3, 0.4) is 0 Å². The van der Waals surface area contributed by atoms with Crippen molar-refractivity contribution in [2.75, 3.05) is 0 Å². The maximum Gasteiger partial charge on any atom is 0.0538 e. The molecule has 0 saturated carbocycles. The number of aliphatic hydroxyl groups is 1. The Kier molecular flexibility index (Phi) is 5.19. The predicted octanol–water partition coefficient (Wildman–Crippen LogP) is 2.64. The molecule has 0 aliphatic carbocycles. The van der Waals surface area contributed by atoms with E-state index in [0.717, 1.165) is 25.7 Å². The van der Waals surface area contributed by atoms with Crippen LogP contribution in [-0.2, 0) is 0 Å². The van der Waals surface area contributed by atoms with Crippen LogP contribution in [-0.4, -0.2) is 16.0 Å². The Labute approximate surface area is 75.6 Å². The van der Waals surface area contributed by atoms with E-state index in [2.05, 4.69) is 26.5 Å².